The minimum Gasteiger partial charge on any atom is -0.310 e. The molecule has 2 aromatic heterocycles. The van der Waals surface area contributed by atoms with Crippen molar-refractivity contribution in [1.82, 2.24) is 9.13 Å². The topological polar surface area (TPSA) is 63.9 Å². The Morgan fingerprint density at radius 2 is 0.618 bits per heavy atom. The minimum atomic E-state index is 0.607. The van der Waals surface area contributed by atoms with Gasteiger partial charge in [0.05, 0.1) is 56.7 Å². The van der Waals surface area contributed by atoms with E-state index in [1.165, 1.54) is 0 Å². The van der Waals surface area contributed by atoms with E-state index in [2.05, 4.69) is 275 Å². The van der Waals surface area contributed by atoms with Gasteiger partial charge in [-0.05, 0) is 181 Å². The van der Waals surface area contributed by atoms with Gasteiger partial charge in [-0.1, -0.05) is 121 Å². The summed E-state index contributed by atoms with van der Waals surface area (Å²) < 4.78 is 4.89. The third-order valence-electron chi connectivity index (χ3n) is 14.8. The van der Waals surface area contributed by atoms with Crippen LogP contribution >= 0.6 is 0 Å². The lowest BCUT2D eigenvalue weighted by Crippen LogP contribution is -2.10. The zero-order valence-corrected chi connectivity index (χ0v) is 41.9. The number of aromatic nitrogens is 2. The van der Waals surface area contributed by atoms with E-state index in [1.54, 1.807) is 0 Å². The van der Waals surface area contributed by atoms with Crippen molar-refractivity contribution in [2.45, 2.75) is 13.8 Å². The van der Waals surface area contributed by atoms with Gasteiger partial charge in [0.25, 0.3) is 0 Å². The first-order valence-electron chi connectivity index (χ1n) is 25.5. The molecule has 6 nitrogen and oxygen atoms in total. The minimum absolute atomic E-state index is 0.607. The summed E-state index contributed by atoms with van der Waals surface area (Å²) in [5.41, 5.74) is 19.8. The highest BCUT2D eigenvalue weighted by Crippen LogP contribution is 2.47. The van der Waals surface area contributed by atoms with Crippen LogP contribution < -0.4 is 9.80 Å². The van der Waals surface area contributed by atoms with Crippen LogP contribution in [0.3, 0.4) is 0 Å². The number of benzene rings is 11. The number of aryl methyl sites for hydroxylation is 2. The molecule has 0 bridgehead atoms. The Hall–Kier alpha value is -10.4. The van der Waals surface area contributed by atoms with Gasteiger partial charge in [-0.3, -0.25) is 0 Å². The van der Waals surface area contributed by atoms with Crippen LogP contribution in [0.15, 0.2) is 255 Å². The number of rotatable bonds is 10. The Morgan fingerprint density at radius 3 is 0.961 bits per heavy atom. The molecule has 0 N–H and O–H groups in total. The molecule has 358 valence electrons. The van der Waals surface area contributed by atoms with Crippen LogP contribution in [0.25, 0.3) is 77.2 Å². The fourth-order valence-corrected chi connectivity index (χ4v) is 11.4. The molecule has 6 heteroatoms. The number of hydrogen-bond donors (Lipinski definition) is 0. The van der Waals surface area contributed by atoms with Gasteiger partial charge in [0.15, 0.2) is 0 Å². The number of nitriles is 2. The molecule has 0 atom stereocenters. The lowest BCUT2D eigenvalue weighted by Gasteiger charge is -2.26. The fraction of sp³-hybridized carbons (Fsp3) is 0.0286. The molecule has 11 aromatic carbocycles. The van der Waals surface area contributed by atoms with Crippen molar-refractivity contribution in [3.8, 4) is 45.8 Å². The summed E-state index contributed by atoms with van der Waals surface area (Å²) in [6.45, 7) is 4.18. The summed E-state index contributed by atoms with van der Waals surface area (Å²) in [5, 5.41) is 24.7. The number of nitrogens with zero attached hydrogens (tertiary/aromatic N) is 6. The van der Waals surface area contributed by atoms with Crippen LogP contribution in [0.1, 0.15) is 22.3 Å². The van der Waals surface area contributed by atoms with E-state index in [-0.39, 0.29) is 0 Å². The molecule has 0 spiro atoms. The van der Waals surface area contributed by atoms with Gasteiger partial charge in [-0.15, -0.1) is 0 Å². The largest absolute Gasteiger partial charge is 0.310 e. The monoisotopic (exact) mass is 972 g/mol. The molecule has 2 heterocycles. The van der Waals surface area contributed by atoms with Crippen molar-refractivity contribution < 1.29 is 0 Å². The maximum atomic E-state index is 10.1. The Bertz CT molecular complexity index is 4080. The SMILES string of the molecule is Cc1cc(C#N)ccc1-c1cc(-n2c3ccccc3c3cc(N(c4ccccc4)c4ccccc4)ccc32)c(-n2c3ccccc3c3cc(N(c4ccccc4)c4ccccc4)ccc32)cc1-c1ccc(C#N)cc1C. The lowest BCUT2D eigenvalue weighted by molar-refractivity contribution is 1.10. The first-order chi connectivity index (χ1) is 37.4. The molecular weight excluding hydrogens is 925 g/mol. The van der Waals surface area contributed by atoms with E-state index in [0.29, 0.717) is 11.1 Å². The van der Waals surface area contributed by atoms with Crippen molar-refractivity contribution in [2.24, 2.45) is 0 Å². The van der Waals surface area contributed by atoms with Crippen molar-refractivity contribution in [1.29, 1.82) is 10.5 Å². The average Bonchev–Trinajstić information content (AvgIpc) is 4.07. The van der Waals surface area contributed by atoms with Gasteiger partial charge in [0, 0.05) is 55.7 Å². The second-order valence-corrected chi connectivity index (χ2v) is 19.3. The number of fused-ring (bicyclic) bond motifs is 6. The van der Waals surface area contributed by atoms with E-state index in [0.717, 1.165) is 122 Å². The molecule has 0 saturated carbocycles. The van der Waals surface area contributed by atoms with Gasteiger partial charge in [0.1, 0.15) is 0 Å². The lowest BCUT2D eigenvalue weighted by atomic mass is 9.88. The summed E-state index contributed by atoms with van der Waals surface area (Å²) in [7, 11) is 0. The number of para-hydroxylation sites is 6. The van der Waals surface area contributed by atoms with E-state index in [9.17, 15) is 10.5 Å². The molecule has 76 heavy (non-hydrogen) atoms. The second kappa shape index (κ2) is 18.9. The third kappa shape index (κ3) is 7.73. The van der Waals surface area contributed by atoms with E-state index >= 15 is 0 Å². The maximum Gasteiger partial charge on any atom is 0.0991 e. The molecule has 0 fully saturated rings. The first kappa shape index (κ1) is 45.5. The molecule has 13 aromatic rings. The summed E-state index contributed by atoms with van der Waals surface area (Å²) in [4.78, 5) is 4.64. The van der Waals surface area contributed by atoms with E-state index in [4.69, 9.17) is 0 Å². The van der Waals surface area contributed by atoms with E-state index in [1.807, 2.05) is 24.3 Å². The standard InChI is InChI=1S/C70H48N6/c1-47-39-49(45-71)31-35-57(47)61-43-69(75-65-29-17-15-27-59(65)63-41-55(33-37-67(63)75)73(51-19-7-3-8-20-51)52-21-9-4-10-22-52)70(44-62(61)58-36-32-50(46-72)40-48(58)2)76-66-30-18-16-28-60(66)64-42-56(34-38-68(64)76)74(53-23-11-5-12-24-53)54-25-13-6-14-26-54/h3-44H,1-2H3. The molecule has 0 saturated heterocycles. The van der Waals surface area contributed by atoms with Gasteiger partial charge in [0.2, 0.25) is 0 Å². The smallest absolute Gasteiger partial charge is 0.0991 e. The molecule has 0 aliphatic rings. The van der Waals surface area contributed by atoms with Crippen LogP contribution in [-0.4, -0.2) is 9.13 Å². The summed E-state index contributed by atoms with van der Waals surface area (Å²) in [6.07, 6.45) is 0. The third-order valence-corrected chi connectivity index (χ3v) is 14.8. The average molecular weight is 973 g/mol. The molecule has 13 rings (SSSR count). The summed E-state index contributed by atoms with van der Waals surface area (Å²) >= 11 is 0. The number of anilines is 6. The Labute approximate surface area is 441 Å². The fourth-order valence-electron chi connectivity index (χ4n) is 11.4. The second-order valence-electron chi connectivity index (χ2n) is 19.3. The molecule has 0 aliphatic heterocycles. The molecule has 0 aliphatic carbocycles. The number of hydrogen-bond acceptors (Lipinski definition) is 4. The Morgan fingerprint density at radius 1 is 0.289 bits per heavy atom. The zero-order valence-electron chi connectivity index (χ0n) is 41.9. The highest BCUT2D eigenvalue weighted by molar-refractivity contribution is 6.13. The Balaban J connectivity index is 1.14. The first-order valence-corrected chi connectivity index (χ1v) is 25.5. The predicted molar refractivity (Wildman–Crippen MR) is 314 cm³/mol. The summed E-state index contributed by atoms with van der Waals surface area (Å²) in [5.74, 6) is 0. The molecule has 0 unspecified atom stereocenters. The highest BCUT2D eigenvalue weighted by atomic mass is 15.2. The van der Waals surface area contributed by atoms with Crippen LogP contribution in [0.4, 0.5) is 34.1 Å². The highest BCUT2D eigenvalue weighted by Gasteiger charge is 2.26. The molecule has 0 radical (unpaired) electrons. The van der Waals surface area contributed by atoms with Crippen LogP contribution in [0.2, 0.25) is 0 Å². The van der Waals surface area contributed by atoms with Crippen LogP contribution in [-0.2, 0) is 0 Å². The van der Waals surface area contributed by atoms with Crippen molar-refractivity contribution in [3.05, 3.63) is 277 Å². The van der Waals surface area contributed by atoms with Crippen LogP contribution in [0, 0.1) is 36.5 Å². The Kier molecular flexibility index (Phi) is 11.3. The van der Waals surface area contributed by atoms with Gasteiger partial charge in [-0.2, -0.15) is 10.5 Å². The predicted octanol–water partition coefficient (Wildman–Crippen LogP) is 18.5. The maximum absolute atomic E-state index is 10.1. The summed E-state index contributed by atoms with van der Waals surface area (Å²) in [6, 6.07) is 94.8. The van der Waals surface area contributed by atoms with Crippen molar-refractivity contribution >= 4 is 77.7 Å². The van der Waals surface area contributed by atoms with Crippen molar-refractivity contribution in [3.63, 3.8) is 0 Å². The van der Waals surface area contributed by atoms with Crippen molar-refractivity contribution in [2.75, 3.05) is 9.80 Å². The normalized spacial score (nSPS) is 11.3. The molecule has 0 amide bonds. The van der Waals surface area contributed by atoms with Gasteiger partial charge < -0.3 is 18.9 Å². The van der Waals surface area contributed by atoms with Crippen LogP contribution in [0.5, 0.6) is 0 Å². The quantitative estimate of drug-likeness (QED) is 0.137. The zero-order chi connectivity index (χ0) is 51.3. The molecular formula is C70H48N6. The van der Waals surface area contributed by atoms with E-state index < -0.39 is 0 Å². The van der Waals surface area contributed by atoms with Gasteiger partial charge >= 0.3 is 0 Å². The van der Waals surface area contributed by atoms with Gasteiger partial charge in [-0.25, -0.2) is 0 Å².